The largest absolute Gasteiger partial charge is 0.481 e. The van der Waals surface area contributed by atoms with Gasteiger partial charge in [0.05, 0.1) is 10.8 Å². The minimum Gasteiger partial charge on any atom is -0.481 e. The first-order valence-corrected chi connectivity index (χ1v) is 8.32. The highest BCUT2D eigenvalue weighted by atomic mass is 32.2. The Morgan fingerprint density at radius 1 is 1.12 bits per heavy atom. The van der Waals surface area contributed by atoms with Crippen molar-refractivity contribution in [2.45, 2.75) is 10.8 Å². The van der Waals surface area contributed by atoms with E-state index in [-0.39, 0.29) is 0 Å². The van der Waals surface area contributed by atoms with Crippen LogP contribution in [0.3, 0.4) is 0 Å². The molecule has 0 aliphatic rings. The van der Waals surface area contributed by atoms with Crippen molar-refractivity contribution in [3.63, 3.8) is 0 Å². The second-order valence-corrected chi connectivity index (χ2v) is 6.61. The normalized spacial score (nSPS) is 12.5. The van der Waals surface area contributed by atoms with Gasteiger partial charge in [0, 0.05) is 12.6 Å². The second kappa shape index (κ2) is 7.20. The van der Waals surface area contributed by atoms with Crippen LogP contribution in [-0.2, 0) is 14.8 Å². The molecule has 2 aromatic rings. The van der Waals surface area contributed by atoms with Gasteiger partial charge in [-0.3, -0.25) is 14.9 Å². The van der Waals surface area contributed by atoms with Crippen molar-refractivity contribution in [1.82, 2.24) is 4.72 Å². The van der Waals surface area contributed by atoms with Gasteiger partial charge in [-0.25, -0.2) is 13.1 Å². The number of hydrogen-bond acceptors (Lipinski definition) is 5. The smallest absolute Gasteiger partial charge is 0.312 e. The van der Waals surface area contributed by atoms with E-state index in [0.717, 1.165) is 12.1 Å². The molecule has 0 amide bonds. The van der Waals surface area contributed by atoms with Gasteiger partial charge in [-0.1, -0.05) is 42.5 Å². The van der Waals surface area contributed by atoms with Gasteiger partial charge in [-0.15, -0.1) is 0 Å². The van der Waals surface area contributed by atoms with Crippen molar-refractivity contribution < 1.29 is 23.2 Å². The summed E-state index contributed by atoms with van der Waals surface area (Å²) < 4.78 is 26.8. The molecule has 0 aliphatic heterocycles. The molecule has 0 fully saturated rings. The van der Waals surface area contributed by atoms with Crippen LogP contribution in [0.25, 0.3) is 0 Å². The Balaban J connectivity index is 2.27. The molecule has 0 aromatic heterocycles. The summed E-state index contributed by atoms with van der Waals surface area (Å²) >= 11 is 0. The van der Waals surface area contributed by atoms with E-state index in [2.05, 4.69) is 4.72 Å². The lowest BCUT2D eigenvalue weighted by Crippen LogP contribution is -2.32. The predicted molar refractivity (Wildman–Crippen MR) is 85.1 cm³/mol. The molecule has 9 heteroatoms. The van der Waals surface area contributed by atoms with Crippen LogP contribution in [0.2, 0.25) is 0 Å². The molecule has 1 unspecified atom stereocenters. The lowest BCUT2D eigenvalue weighted by molar-refractivity contribution is -0.387. The summed E-state index contributed by atoms with van der Waals surface area (Å²) in [6.07, 6.45) is 0. The third-order valence-corrected chi connectivity index (χ3v) is 4.80. The quantitative estimate of drug-likeness (QED) is 0.578. The number of nitro groups is 1. The molecule has 0 spiro atoms. The third-order valence-electron chi connectivity index (χ3n) is 3.33. The minimum atomic E-state index is -4.23. The van der Waals surface area contributed by atoms with Crippen LogP contribution in [-0.4, -0.2) is 31.0 Å². The number of carboxylic acid groups (broad SMARTS) is 1. The first kappa shape index (κ1) is 17.6. The number of rotatable bonds is 7. The van der Waals surface area contributed by atoms with Gasteiger partial charge in [-0.05, 0) is 11.6 Å². The molecule has 2 N–H and O–H groups in total. The summed E-state index contributed by atoms with van der Waals surface area (Å²) in [6.45, 7) is -0.423. The Morgan fingerprint density at radius 3 is 2.29 bits per heavy atom. The van der Waals surface area contributed by atoms with Crippen LogP contribution in [0, 0.1) is 10.1 Å². The molecule has 0 heterocycles. The highest BCUT2D eigenvalue weighted by Crippen LogP contribution is 2.23. The van der Waals surface area contributed by atoms with E-state index in [0.29, 0.717) is 5.56 Å². The molecule has 0 saturated carbocycles. The first-order chi connectivity index (χ1) is 11.3. The SMILES string of the molecule is O=C(O)C(CNS(=O)(=O)c1ccccc1[N+](=O)[O-])c1ccccc1. The fourth-order valence-corrected chi connectivity index (χ4v) is 3.36. The van der Waals surface area contributed by atoms with Gasteiger partial charge >= 0.3 is 5.97 Å². The monoisotopic (exact) mass is 350 g/mol. The van der Waals surface area contributed by atoms with Gasteiger partial charge < -0.3 is 5.11 Å². The van der Waals surface area contributed by atoms with Crippen LogP contribution in [0.4, 0.5) is 5.69 Å². The van der Waals surface area contributed by atoms with E-state index in [1.54, 1.807) is 30.3 Å². The summed E-state index contributed by atoms with van der Waals surface area (Å²) in [5.74, 6) is -2.31. The van der Waals surface area contributed by atoms with Crippen LogP contribution in [0.5, 0.6) is 0 Å². The number of aliphatic carboxylic acids is 1. The fourth-order valence-electron chi connectivity index (χ4n) is 2.14. The van der Waals surface area contributed by atoms with E-state index < -0.39 is 44.0 Å². The zero-order valence-electron chi connectivity index (χ0n) is 12.3. The lowest BCUT2D eigenvalue weighted by atomic mass is 10.00. The molecule has 2 rings (SSSR count). The number of nitrogens with one attached hydrogen (secondary N) is 1. The maximum atomic E-state index is 12.3. The van der Waals surface area contributed by atoms with Crippen molar-refractivity contribution in [3.05, 3.63) is 70.3 Å². The average Bonchev–Trinajstić information content (AvgIpc) is 2.55. The Kier molecular flexibility index (Phi) is 5.27. The minimum absolute atomic E-state index is 0.423. The molecular weight excluding hydrogens is 336 g/mol. The predicted octanol–water partition coefficient (Wildman–Crippen LogP) is 1.74. The number of para-hydroxylation sites is 1. The Morgan fingerprint density at radius 2 is 1.71 bits per heavy atom. The molecular formula is C15H14N2O6S. The van der Waals surface area contributed by atoms with Crippen LogP contribution < -0.4 is 4.72 Å². The Bertz CT molecular complexity index is 851. The fraction of sp³-hybridized carbons (Fsp3) is 0.133. The zero-order valence-corrected chi connectivity index (χ0v) is 13.1. The summed E-state index contributed by atoms with van der Waals surface area (Å²) in [6, 6.07) is 13.0. The molecule has 0 bridgehead atoms. The maximum Gasteiger partial charge on any atom is 0.312 e. The second-order valence-electron chi connectivity index (χ2n) is 4.88. The van der Waals surface area contributed by atoms with Gasteiger partial charge in [0.15, 0.2) is 4.90 Å². The van der Waals surface area contributed by atoms with Crippen LogP contribution in [0.1, 0.15) is 11.5 Å². The molecule has 1 atom stereocenters. The number of carbonyl (C=O) groups is 1. The maximum absolute atomic E-state index is 12.3. The summed E-state index contributed by atoms with van der Waals surface area (Å²) in [4.78, 5) is 21.0. The van der Waals surface area contributed by atoms with Crippen molar-refractivity contribution in [3.8, 4) is 0 Å². The first-order valence-electron chi connectivity index (χ1n) is 6.84. The van der Waals surface area contributed by atoms with Crippen molar-refractivity contribution in [1.29, 1.82) is 0 Å². The van der Waals surface area contributed by atoms with Crippen LogP contribution >= 0.6 is 0 Å². The third kappa shape index (κ3) is 3.94. The number of benzene rings is 2. The summed E-state index contributed by atoms with van der Waals surface area (Å²) in [5.41, 5.74) is -0.146. The Hall–Kier alpha value is -2.78. The van der Waals surface area contributed by atoms with Gasteiger partial charge in [0.1, 0.15) is 0 Å². The van der Waals surface area contributed by atoms with Gasteiger partial charge in [0.2, 0.25) is 10.0 Å². The van der Waals surface area contributed by atoms with Crippen molar-refractivity contribution >= 4 is 21.7 Å². The topological polar surface area (TPSA) is 127 Å². The average molecular weight is 350 g/mol. The molecule has 8 nitrogen and oxygen atoms in total. The van der Waals surface area contributed by atoms with E-state index in [9.17, 15) is 28.4 Å². The van der Waals surface area contributed by atoms with Crippen molar-refractivity contribution in [2.75, 3.05) is 6.54 Å². The van der Waals surface area contributed by atoms with E-state index >= 15 is 0 Å². The number of nitrogens with zero attached hydrogens (tertiary/aromatic N) is 1. The number of nitro benzene ring substituents is 1. The van der Waals surface area contributed by atoms with E-state index in [1.807, 2.05) is 0 Å². The molecule has 24 heavy (non-hydrogen) atoms. The number of hydrogen-bond donors (Lipinski definition) is 2. The molecule has 126 valence electrons. The highest BCUT2D eigenvalue weighted by molar-refractivity contribution is 7.89. The molecule has 0 saturated heterocycles. The summed E-state index contributed by atoms with van der Waals surface area (Å²) in [7, 11) is -4.23. The van der Waals surface area contributed by atoms with E-state index in [1.165, 1.54) is 12.1 Å². The lowest BCUT2D eigenvalue weighted by Gasteiger charge is -2.14. The number of carboxylic acids is 1. The van der Waals surface area contributed by atoms with Gasteiger partial charge in [-0.2, -0.15) is 0 Å². The Labute approximate surface area is 138 Å². The van der Waals surface area contributed by atoms with E-state index in [4.69, 9.17) is 0 Å². The zero-order chi connectivity index (χ0) is 17.7. The molecule has 2 aromatic carbocycles. The number of sulfonamides is 1. The van der Waals surface area contributed by atoms with Crippen LogP contribution in [0.15, 0.2) is 59.5 Å². The molecule has 0 radical (unpaired) electrons. The van der Waals surface area contributed by atoms with Crippen molar-refractivity contribution in [2.24, 2.45) is 0 Å². The molecule has 0 aliphatic carbocycles. The van der Waals surface area contributed by atoms with Gasteiger partial charge in [0.25, 0.3) is 5.69 Å². The standard InChI is InChI=1S/C15H14N2O6S/c18-15(19)12(11-6-2-1-3-7-11)10-16-24(22,23)14-9-5-4-8-13(14)17(20)21/h1-9,12,16H,10H2,(H,18,19). The summed E-state index contributed by atoms with van der Waals surface area (Å²) in [5, 5.41) is 20.2. The highest BCUT2D eigenvalue weighted by Gasteiger charge is 2.28.